The van der Waals surface area contributed by atoms with Gasteiger partial charge in [0.1, 0.15) is 13.5 Å². The zero-order valence-corrected chi connectivity index (χ0v) is 17.6. The molecule has 30 heavy (non-hydrogen) atoms. The lowest BCUT2D eigenvalue weighted by atomic mass is 10.1. The van der Waals surface area contributed by atoms with E-state index in [-0.39, 0.29) is 31.6 Å². The molecule has 2 atom stereocenters. The van der Waals surface area contributed by atoms with E-state index < -0.39 is 24.5 Å². The zero-order chi connectivity index (χ0) is 21.7. The summed E-state index contributed by atoms with van der Waals surface area (Å²) in [5.41, 5.74) is 2.95. The Morgan fingerprint density at radius 1 is 1.10 bits per heavy atom. The second-order valence-electron chi connectivity index (χ2n) is 7.23. The van der Waals surface area contributed by atoms with Crippen LogP contribution in [-0.4, -0.2) is 77.8 Å². The molecular formula is C19H25ClN4O6. The highest BCUT2D eigenvalue weighted by atomic mass is 35.5. The van der Waals surface area contributed by atoms with Gasteiger partial charge in [0.15, 0.2) is 6.73 Å². The van der Waals surface area contributed by atoms with E-state index in [9.17, 15) is 14.4 Å². The SMILES string of the molecule is CC(C(C)N1CC(=O)N(COC(=O)Cc2ccccc2Cl)C(=O)C1)N1CONOC1. The van der Waals surface area contributed by atoms with Gasteiger partial charge in [-0.1, -0.05) is 35.4 Å². The van der Waals surface area contributed by atoms with Crippen LogP contribution in [0, 0.1) is 0 Å². The largest absolute Gasteiger partial charge is 0.443 e. The van der Waals surface area contributed by atoms with E-state index in [2.05, 4.69) is 5.64 Å². The van der Waals surface area contributed by atoms with Crippen molar-refractivity contribution in [2.24, 2.45) is 0 Å². The van der Waals surface area contributed by atoms with Crippen LogP contribution in [0.4, 0.5) is 0 Å². The summed E-state index contributed by atoms with van der Waals surface area (Å²) in [5.74, 6) is -1.39. The summed E-state index contributed by atoms with van der Waals surface area (Å²) < 4.78 is 5.14. The van der Waals surface area contributed by atoms with Crippen molar-refractivity contribution in [1.29, 1.82) is 0 Å². The van der Waals surface area contributed by atoms with Crippen LogP contribution < -0.4 is 5.64 Å². The summed E-state index contributed by atoms with van der Waals surface area (Å²) >= 11 is 6.04. The molecule has 2 unspecified atom stereocenters. The normalized spacial score (nSPS) is 20.8. The molecule has 164 valence electrons. The second kappa shape index (κ2) is 10.3. The summed E-state index contributed by atoms with van der Waals surface area (Å²) in [4.78, 5) is 51.9. The van der Waals surface area contributed by atoms with Gasteiger partial charge in [-0.3, -0.25) is 29.0 Å². The van der Waals surface area contributed by atoms with Gasteiger partial charge in [-0.15, -0.1) is 0 Å². The Labute approximate surface area is 179 Å². The van der Waals surface area contributed by atoms with Crippen LogP contribution >= 0.6 is 11.6 Å². The number of nitrogens with zero attached hydrogens (tertiary/aromatic N) is 3. The number of hydrogen-bond acceptors (Lipinski definition) is 9. The van der Waals surface area contributed by atoms with Gasteiger partial charge < -0.3 is 4.74 Å². The summed E-state index contributed by atoms with van der Waals surface area (Å²) in [7, 11) is 0. The minimum Gasteiger partial charge on any atom is -0.443 e. The standard InChI is InChI=1S/C19H25ClN4O6/c1-13(14(2)23-10-29-21-30-11-23)22-8-17(25)24(18(26)9-22)12-28-19(27)7-15-5-3-4-6-16(15)20/h3-6,13-14,21H,7-12H2,1-2H3. The number of hydrogen-bond donors (Lipinski definition) is 1. The lowest BCUT2D eigenvalue weighted by Gasteiger charge is -2.41. The fourth-order valence-corrected chi connectivity index (χ4v) is 3.48. The van der Waals surface area contributed by atoms with Crippen molar-refractivity contribution in [1.82, 2.24) is 20.3 Å². The fraction of sp³-hybridized carbons (Fsp3) is 0.526. The van der Waals surface area contributed by atoms with E-state index in [0.717, 1.165) is 4.90 Å². The number of piperazine rings is 1. The average molecular weight is 441 g/mol. The van der Waals surface area contributed by atoms with Crippen LogP contribution in [0.5, 0.6) is 0 Å². The summed E-state index contributed by atoms with van der Waals surface area (Å²) in [6.07, 6.45) is -0.0363. The lowest BCUT2D eigenvalue weighted by molar-refractivity contribution is -0.279. The molecule has 0 aliphatic carbocycles. The Hall–Kier alpha value is -2.08. The van der Waals surface area contributed by atoms with Crippen LogP contribution in [0.25, 0.3) is 0 Å². The highest BCUT2D eigenvalue weighted by Gasteiger charge is 2.36. The third-order valence-corrected chi connectivity index (χ3v) is 5.72. The van der Waals surface area contributed by atoms with Gasteiger partial charge in [0.05, 0.1) is 19.5 Å². The Morgan fingerprint density at radius 2 is 1.70 bits per heavy atom. The molecule has 3 rings (SSSR count). The molecule has 2 saturated heterocycles. The van der Waals surface area contributed by atoms with Gasteiger partial charge in [0.2, 0.25) is 11.8 Å². The van der Waals surface area contributed by atoms with Gasteiger partial charge in [0, 0.05) is 17.1 Å². The lowest BCUT2D eigenvalue weighted by Crippen LogP contribution is -2.61. The van der Waals surface area contributed by atoms with Gasteiger partial charge >= 0.3 is 5.97 Å². The third-order valence-electron chi connectivity index (χ3n) is 5.35. The molecule has 2 heterocycles. The molecule has 2 aliphatic rings. The molecule has 2 fully saturated rings. The minimum absolute atomic E-state index is 0.0206. The number of imide groups is 1. The Bertz CT molecular complexity index is 770. The predicted molar refractivity (Wildman–Crippen MR) is 105 cm³/mol. The molecule has 0 bridgehead atoms. The van der Waals surface area contributed by atoms with Crippen molar-refractivity contribution in [2.75, 3.05) is 33.3 Å². The quantitative estimate of drug-likeness (QED) is 0.480. The molecule has 1 N–H and O–H groups in total. The topological polar surface area (TPSA) is 101 Å². The zero-order valence-electron chi connectivity index (χ0n) is 16.9. The average Bonchev–Trinajstić information content (AvgIpc) is 2.74. The maximum Gasteiger partial charge on any atom is 0.312 e. The fourth-order valence-electron chi connectivity index (χ4n) is 3.27. The molecule has 11 heteroatoms. The number of carbonyl (C=O) groups excluding carboxylic acids is 3. The molecular weight excluding hydrogens is 416 g/mol. The van der Waals surface area contributed by atoms with Crippen molar-refractivity contribution in [3.8, 4) is 0 Å². The molecule has 10 nitrogen and oxygen atoms in total. The maximum atomic E-state index is 12.5. The van der Waals surface area contributed by atoms with Gasteiger partial charge in [-0.2, -0.15) is 0 Å². The number of amides is 2. The van der Waals surface area contributed by atoms with Crippen LogP contribution in [0.2, 0.25) is 5.02 Å². The van der Waals surface area contributed by atoms with Crippen LogP contribution in [0.15, 0.2) is 24.3 Å². The highest BCUT2D eigenvalue weighted by molar-refractivity contribution is 6.31. The van der Waals surface area contributed by atoms with Crippen molar-refractivity contribution in [2.45, 2.75) is 32.4 Å². The highest BCUT2D eigenvalue weighted by Crippen LogP contribution is 2.17. The molecule has 2 aliphatic heterocycles. The number of halogens is 1. The first kappa shape index (κ1) is 22.6. The molecule has 0 aromatic heterocycles. The maximum absolute atomic E-state index is 12.5. The predicted octanol–water partition coefficient (Wildman–Crippen LogP) is 0.514. The molecule has 0 spiro atoms. The minimum atomic E-state index is -0.563. The van der Waals surface area contributed by atoms with Crippen molar-refractivity contribution in [3.63, 3.8) is 0 Å². The molecule has 2 amide bonds. The van der Waals surface area contributed by atoms with E-state index in [1.54, 1.807) is 29.2 Å². The van der Waals surface area contributed by atoms with Crippen LogP contribution in [0.1, 0.15) is 19.4 Å². The second-order valence-corrected chi connectivity index (χ2v) is 7.64. The first-order valence-corrected chi connectivity index (χ1v) is 9.93. The number of nitrogens with one attached hydrogen (secondary N) is 1. The van der Waals surface area contributed by atoms with E-state index in [1.165, 1.54) is 0 Å². The first-order valence-electron chi connectivity index (χ1n) is 9.55. The van der Waals surface area contributed by atoms with Crippen LogP contribution in [0.3, 0.4) is 0 Å². The monoisotopic (exact) mass is 440 g/mol. The van der Waals surface area contributed by atoms with Crippen molar-refractivity contribution in [3.05, 3.63) is 34.9 Å². The van der Waals surface area contributed by atoms with Crippen molar-refractivity contribution < 1.29 is 28.8 Å². The number of rotatable bonds is 7. The van der Waals surface area contributed by atoms with E-state index in [4.69, 9.17) is 26.0 Å². The molecule has 0 saturated carbocycles. The molecule has 1 aromatic carbocycles. The summed E-state index contributed by atoms with van der Waals surface area (Å²) in [6.45, 7) is 4.26. The van der Waals surface area contributed by atoms with E-state index >= 15 is 0 Å². The number of benzene rings is 1. The van der Waals surface area contributed by atoms with E-state index in [0.29, 0.717) is 24.0 Å². The van der Waals surface area contributed by atoms with Crippen LogP contribution in [-0.2, 0) is 35.2 Å². The van der Waals surface area contributed by atoms with Gasteiger partial charge in [-0.05, 0) is 25.5 Å². The molecule has 0 radical (unpaired) electrons. The summed E-state index contributed by atoms with van der Waals surface area (Å²) in [5, 5.41) is 0.457. The molecule has 1 aromatic rings. The van der Waals surface area contributed by atoms with Crippen molar-refractivity contribution >= 4 is 29.4 Å². The smallest absolute Gasteiger partial charge is 0.312 e. The van der Waals surface area contributed by atoms with Gasteiger partial charge in [0.25, 0.3) is 0 Å². The number of ether oxygens (including phenoxy) is 1. The number of carbonyl (C=O) groups is 3. The Kier molecular flexibility index (Phi) is 7.75. The third kappa shape index (κ3) is 5.54. The Morgan fingerprint density at radius 3 is 2.33 bits per heavy atom. The van der Waals surface area contributed by atoms with E-state index in [1.807, 2.05) is 18.7 Å². The van der Waals surface area contributed by atoms with Gasteiger partial charge in [-0.25, -0.2) is 9.80 Å². The first-order chi connectivity index (χ1) is 14.4. The Balaban J connectivity index is 1.50. The summed E-state index contributed by atoms with van der Waals surface area (Å²) in [6, 6.07) is 6.80. The number of esters is 1.